The predicted octanol–water partition coefficient (Wildman–Crippen LogP) is 3.49. The van der Waals surface area contributed by atoms with Crippen molar-refractivity contribution in [3.05, 3.63) is 27.3 Å². The first kappa shape index (κ1) is 15.8. The molecule has 0 saturated carbocycles. The van der Waals surface area contributed by atoms with Gasteiger partial charge >= 0.3 is 0 Å². The molecule has 0 bridgehead atoms. The summed E-state index contributed by atoms with van der Waals surface area (Å²) in [6.07, 6.45) is 1.91. The summed E-state index contributed by atoms with van der Waals surface area (Å²) in [4.78, 5) is 18.2. The lowest BCUT2D eigenvalue weighted by molar-refractivity contribution is 0.0940. The molecule has 2 aromatic heterocycles. The maximum atomic E-state index is 12.4. The molecule has 2 aromatic rings. The number of hydrogen-bond acceptors (Lipinski definition) is 6. The van der Waals surface area contributed by atoms with Crippen LogP contribution in [-0.4, -0.2) is 17.4 Å². The van der Waals surface area contributed by atoms with Crippen molar-refractivity contribution in [2.75, 3.05) is 17.6 Å². The van der Waals surface area contributed by atoms with Gasteiger partial charge in [-0.05, 0) is 24.8 Å². The van der Waals surface area contributed by atoms with Gasteiger partial charge in [-0.15, -0.1) is 11.3 Å². The predicted molar refractivity (Wildman–Crippen MR) is 90.1 cm³/mol. The lowest BCUT2D eigenvalue weighted by atomic mass is 10.1. The number of rotatable bonds is 7. The third-order valence-electron chi connectivity index (χ3n) is 2.96. The van der Waals surface area contributed by atoms with Crippen molar-refractivity contribution >= 4 is 39.5 Å². The smallest absolute Gasteiger partial charge is 0.265 e. The molecule has 114 valence electrons. The maximum Gasteiger partial charge on any atom is 0.265 e. The van der Waals surface area contributed by atoms with E-state index in [1.165, 1.54) is 16.2 Å². The van der Waals surface area contributed by atoms with E-state index in [1.807, 2.05) is 24.4 Å². The van der Waals surface area contributed by atoms with Crippen molar-refractivity contribution in [2.45, 2.75) is 32.7 Å². The van der Waals surface area contributed by atoms with E-state index >= 15 is 0 Å². The highest BCUT2D eigenvalue weighted by Gasteiger charge is 2.20. The standard InChI is InChI=1S/C14H20N4OS2/c1-3-6-9(10-7-5-8-20-10)17-13(19)11-12(15)18-14(21-11)16-4-2/h5,7-9H,3-4,6,15H2,1-2H3,(H,16,18)(H,17,19). The number of anilines is 2. The van der Waals surface area contributed by atoms with E-state index < -0.39 is 0 Å². The number of amides is 1. The number of aromatic nitrogens is 1. The molecule has 0 spiro atoms. The average molecular weight is 324 g/mol. The Morgan fingerprint density at radius 3 is 2.90 bits per heavy atom. The summed E-state index contributed by atoms with van der Waals surface area (Å²) in [5.41, 5.74) is 5.84. The zero-order chi connectivity index (χ0) is 15.2. The normalized spacial score (nSPS) is 12.1. The van der Waals surface area contributed by atoms with Crippen molar-refractivity contribution in [1.82, 2.24) is 10.3 Å². The SMILES string of the molecule is CCCC(NC(=O)c1sc(NCC)nc1N)c1cccs1. The van der Waals surface area contributed by atoms with Crippen LogP contribution in [0.5, 0.6) is 0 Å². The van der Waals surface area contributed by atoms with Crippen LogP contribution in [0.3, 0.4) is 0 Å². The van der Waals surface area contributed by atoms with Crippen LogP contribution in [0.4, 0.5) is 10.9 Å². The molecule has 0 fully saturated rings. The van der Waals surface area contributed by atoms with Crippen LogP contribution in [0.15, 0.2) is 17.5 Å². The van der Waals surface area contributed by atoms with Gasteiger partial charge in [-0.25, -0.2) is 4.98 Å². The molecule has 0 aliphatic heterocycles. The van der Waals surface area contributed by atoms with Crippen LogP contribution in [0.25, 0.3) is 0 Å². The van der Waals surface area contributed by atoms with E-state index in [1.54, 1.807) is 11.3 Å². The molecule has 4 N–H and O–H groups in total. The topological polar surface area (TPSA) is 80.0 Å². The summed E-state index contributed by atoms with van der Waals surface area (Å²) in [5, 5.41) is 8.85. The fraction of sp³-hybridized carbons (Fsp3) is 0.429. The Hall–Kier alpha value is -1.60. The molecule has 21 heavy (non-hydrogen) atoms. The highest BCUT2D eigenvalue weighted by Crippen LogP contribution is 2.27. The van der Waals surface area contributed by atoms with Crippen molar-refractivity contribution < 1.29 is 4.79 Å². The third-order valence-corrected chi connectivity index (χ3v) is 4.97. The summed E-state index contributed by atoms with van der Waals surface area (Å²) in [6, 6.07) is 4.08. The Morgan fingerprint density at radius 1 is 1.48 bits per heavy atom. The molecular weight excluding hydrogens is 304 g/mol. The minimum Gasteiger partial charge on any atom is -0.382 e. The maximum absolute atomic E-state index is 12.4. The summed E-state index contributed by atoms with van der Waals surface area (Å²) in [7, 11) is 0. The minimum absolute atomic E-state index is 0.0339. The minimum atomic E-state index is -0.152. The average Bonchev–Trinajstić information content (AvgIpc) is 3.08. The van der Waals surface area contributed by atoms with Gasteiger partial charge in [0.25, 0.3) is 5.91 Å². The summed E-state index contributed by atoms with van der Waals surface area (Å²) >= 11 is 2.95. The van der Waals surface area contributed by atoms with E-state index in [9.17, 15) is 4.79 Å². The number of nitrogen functional groups attached to an aromatic ring is 1. The molecule has 0 saturated heterocycles. The quantitative estimate of drug-likeness (QED) is 0.728. The van der Waals surface area contributed by atoms with Crippen LogP contribution in [0.1, 0.15) is 47.3 Å². The van der Waals surface area contributed by atoms with Crippen molar-refractivity contribution in [3.8, 4) is 0 Å². The largest absolute Gasteiger partial charge is 0.382 e. The molecule has 2 heterocycles. The van der Waals surface area contributed by atoms with E-state index in [4.69, 9.17) is 5.73 Å². The molecule has 1 unspecified atom stereocenters. The van der Waals surface area contributed by atoms with Crippen LogP contribution in [0.2, 0.25) is 0 Å². The number of nitrogens with one attached hydrogen (secondary N) is 2. The lowest BCUT2D eigenvalue weighted by Crippen LogP contribution is -2.27. The molecule has 0 radical (unpaired) electrons. The number of carbonyl (C=O) groups excluding carboxylic acids is 1. The Morgan fingerprint density at radius 2 is 2.29 bits per heavy atom. The van der Waals surface area contributed by atoms with Gasteiger partial charge in [0.2, 0.25) is 0 Å². The second kappa shape index (κ2) is 7.42. The second-order valence-electron chi connectivity index (χ2n) is 4.59. The number of thiazole rings is 1. The van der Waals surface area contributed by atoms with Gasteiger partial charge in [0, 0.05) is 11.4 Å². The molecule has 0 aromatic carbocycles. The zero-order valence-corrected chi connectivity index (χ0v) is 13.8. The zero-order valence-electron chi connectivity index (χ0n) is 12.2. The number of nitrogens with two attached hydrogens (primary N) is 1. The van der Waals surface area contributed by atoms with E-state index in [0.29, 0.717) is 10.0 Å². The van der Waals surface area contributed by atoms with E-state index in [0.717, 1.165) is 19.4 Å². The van der Waals surface area contributed by atoms with Gasteiger partial charge in [0.05, 0.1) is 6.04 Å². The lowest BCUT2D eigenvalue weighted by Gasteiger charge is -2.16. The van der Waals surface area contributed by atoms with Gasteiger partial charge in [-0.2, -0.15) is 0 Å². The molecule has 7 heteroatoms. The fourth-order valence-corrected chi connectivity index (χ4v) is 3.68. The van der Waals surface area contributed by atoms with E-state index in [2.05, 4.69) is 22.5 Å². The first-order valence-corrected chi connectivity index (χ1v) is 8.69. The van der Waals surface area contributed by atoms with Gasteiger partial charge in [0.1, 0.15) is 10.7 Å². The van der Waals surface area contributed by atoms with Gasteiger partial charge < -0.3 is 16.4 Å². The van der Waals surface area contributed by atoms with Gasteiger partial charge in [0.15, 0.2) is 5.13 Å². The number of thiophene rings is 1. The fourth-order valence-electron chi connectivity index (χ4n) is 2.01. The highest BCUT2D eigenvalue weighted by molar-refractivity contribution is 7.18. The van der Waals surface area contributed by atoms with Gasteiger partial charge in [-0.1, -0.05) is 30.7 Å². The molecule has 2 rings (SSSR count). The number of carbonyl (C=O) groups is 1. The first-order chi connectivity index (χ1) is 10.2. The second-order valence-corrected chi connectivity index (χ2v) is 6.57. The van der Waals surface area contributed by atoms with E-state index in [-0.39, 0.29) is 17.8 Å². The first-order valence-electron chi connectivity index (χ1n) is 7.00. The summed E-state index contributed by atoms with van der Waals surface area (Å²) in [6.45, 7) is 4.84. The van der Waals surface area contributed by atoms with Crippen LogP contribution < -0.4 is 16.4 Å². The monoisotopic (exact) mass is 324 g/mol. The Bertz CT molecular complexity index is 580. The Kier molecular flexibility index (Phi) is 5.58. The highest BCUT2D eigenvalue weighted by atomic mass is 32.1. The molecule has 0 aliphatic rings. The molecule has 0 aliphatic carbocycles. The van der Waals surface area contributed by atoms with Crippen LogP contribution in [-0.2, 0) is 0 Å². The number of nitrogens with zero attached hydrogens (tertiary/aromatic N) is 1. The van der Waals surface area contributed by atoms with Crippen molar-refractivity contribution in [1.29, 1.82) is 0 Å². The molecule has 5 nitrogen and oxygen atoms in total. The van der Waals surface area contributed by atoms with Crippen LogP contribution in [0, 0.1) is 0 Å². The summed E-state index contributed by atoms with van der Waals surface area (Å²) in [5.74, 6) is 0.135. The van der Waals surface area contributed by atoms with Crippen molar-refractivity contribution in [3.63, 3.8) is 0 Å². The summed E-state index contributed by atoms with van der Waals surface area (Å²) < 4.78 is 0. The van der Waals surface area contributed by atoms with Crippen LogP contribution >= 0.6 is 22.7 Å². The molecule has 1 amide bonds. The van der Waals surface area contributed by atoms with Gasteiger partial charge in [-0.3, -0.25) is 4.79 Å². The molecular formula is C14H20N4OS2. The third kappa shape index (κ3) is 3.95. The van der Waals surface area contributed by atoms with Crippen molar-refractivity contribution in [2.24, 2.45) is 0 Å². The molecule has 1 atom stereocenters. The number of hydrogen-bond donors (Lipinski definition) is 3. The Balaban J connectivity index is 2.11. The Labute approximate surface area is 132 Å².